The number of nitrogens with one attached hydrogen (secondary N) is 1. The Labute approximate surface area is 201 Å². The van der Waals surface area contributed by atoms with E-state index in [4.69, 9.17) is 0 Å². The van der Waals surface area contributed by atoms with Crippen LogP contribution in [0.1, 0.15) is 28.8 Å². The molecule has 1 atom stereocenters. The summed E-state index contributed by atoms with van der Waals surface area (Å²) in [5.41, 5.74) is -0.155. The number of halogens is 3. The van der Waals surface area contributed by atoms with Crippen LogP contribution in [0.4, 0.5) is 30.5 Å². The molecule has 0 spiro atoms. The van der Waals surface area contributed by atoms with Crippen molar-refractivity contribution in [2.24, 2.45) is 0 Å². The lowest BCUT2D eigenvalue weighted by molar-refractivity contribution is -0.384. The lowest BCUT2D eigenvalue weighted by Gasteiger charge is -2.20. The highest BCUT2D eigenvalue weighted by molar-refractivity contribution is 7.15. The summed E-state index contributed by atoms with van der Waals surface area (Å²) in [6.07, 6.45) is -1.97. The van der Waals surface area contributed by atoms with E-state index in [1.807, 2.05) is 13.0 Å². The molecule has 0 aliphatic heterocycles. The van der Waals surface area contributed by atoms with Gasteiger partial charge in [0.25, 0.3) is 5.69 Å². The summed E-state index contributed by atoms with van der Waals surface area (Å²) in [6, 6.07) is 11.7. The number of nitro benzene ring substituents is 1. The highest BCUT2D eigenvalue weighted by atomic mass is 32.1. The summed E-state index contributed by atoms with van der Waals surface area (Å²) >= 11 is 1.23. The smallest absolute Gasteiger partial charge is 0.378 e. The summed E-state index contributed by atoms with van der Waals surface area (Å²) in [6.45, 7) is 3.38. The molecule has 2 heterocycles. The van der Waals surface area contributed by atoms with Crippen LogP contribution in [0.15, 0.2) is 60.9 Å². The molecule has 0 fully saturated rings. The molecule has 0 saturated heterocycles. The van der Waals surface area contributed by atoms with Crippen molar-refractivity contribution in [3.63, 3.8) is 0 Å². The zero-order valence-corrected chi connectivity index (χ0v) is 19.2. The molecular formula is C23H18F3N5O3S. The third-order valence-corrected chi connectivity index (χ3v) is 6.38. The fraction of sp³-hybridized carbons (Fsp3) is 0.174. The highest BCUT2D eigenvalue weighted by Gasteiger charge is 2.33. The minimum atomic E-state index is -4.59. The van der Waals surface area contributed by atoms with Crippen LogP contribution in [-0.4, -0.2) is 25.0 Å². The number of rotatable bonds is 6. The van der Waals surface area contributed by atoms with Gasteiger partial charge in [0.15, 0.2) is 0 Å². The molecule has 0 saturated carbocycles. The first-order valence-corrected chi connectivity index (χ1v) is 11.0. The fourth-order valence-electron chi connectivity index (χ4n) is 3.37. The van der Waals surface area contributed by atoms with Crippen molar-refractivity contribution in [3.05, 3.63) is 92.9 Å². The number of hydrogen-bond acceptors (Lipinski definition) is 8. The van der Waals surface area contributed by atoms with Crippen molar-refractivity contribution >= 4 is 28.7 Å². The van der Waals surface area contributed by atoms with Crippen LogP contribution in [0.5, 0.6) is 0 Å². The lowest BCUT2D eigenvalue weighted by atomic mass is 9.96. The van der Waals surface area contributed by atoms with Crippen molar-refractivity contribution in [2.45, 2.75) is 25.6 Å². The maximum atomic E-state index is 13.0. The van der Waals surface area contributed by atoms with E-state index < -0.39 is 22.4 Å². The molecule has 2 N–H and O–H groups in total. The Balaban J connectivity index is 1.61. The number of benzene rings is 2. The van der Waals surface area contributed by atoms with Crippen molar-refractivity contribution in [1.29, 1.82) is 0 Å². The van der Waals surface area contributed by atoms with Gasteiger partial charge >= 0.3 is 6.18 Å². The summed E-state index contributed by atoms with van der Waals surface area (Å²) in [5.74, 6) is -0.192. The van der Waals surface area contributed by atoms with E-state index in [0.717, 1.165) is 23.4 Å². The van der Waals surface area contributed by atoms with Gasteiger partial charge in [0.05, 0.1) is 9.80 Å². The highest BCUT2D eigenvalue weighted by Crippen LogP contribution is 2.37. The maximum Gasteiger partial charge on any atom is 0.433 e. The average Bonchev–Trinajstić information content (AvgIpc) is 3.30. The van der Waals surface area contributed by atoms with Crippen LogP contribution in [0.3, 0.4) is 0 Å². The number of aliphatic hydroxyl groups is 1. The molecule has 1 unspecified atom stereocenters. The molecular weight excluding hydrogens is 483 g/mol. The van der Waals surface area contributed by atoms with Crippen LogP contribution in [0.25, 0.3) is 10.4 Å². The first-order chi connectivity index (χ1) is 16.4. The molecule has 0 bridgehead atoms. The van der Waals surface area contributed by atoms with Crippen LogP contribution >= 0.6 is 11.3 Å². The molecule has 0 aliphatic carbocycles. The number of non-ortho nitro benzene ring substituents is 1. The lowest BCUT2D eigenvalue weighted by Crippen LogP contribution is -2.22. The van der Waals surface area contributed by atoms with Gasteiger partial charge in [-0.3, -0.25) is 10.1 Å². The molecule has 35 heavy (non-hydrogen) atoms. The standard InChI is InChI=1S/C23H18F3N5O3S/c1-13-9-14(11-16(10-13)29-21-27-8-7-19(30-21)23(24,25)26)18-12-28-20(35-18)22(2,32)15-3-5-17(6-4-15)31(33)34/h3-12,32H,1-2H3,(H,27,29,30). The van der Waals surface area contributed by atoms with Gasteiger partial charge in [-0.1, -0.05) is 6.07 Å². The van der Waals surface area contributed by atoms with E-state index in [0.29, 0.717) is 21.1 Å². The monoisotopic (exact) mass is 501 g/mol. The van der Waals surface area contributed by atoms with Gasteiger partial charge in [-0.15, -0.1) is 11.3 Å². The molecule has 8 nitrogen and oxygen atoms in total. The molecule has 12 heteroatoms. The van der Waals surface area contributed by atoms with Gasteiger partial charge in [0, 0.05) is 30.2 Å². The Morgan fingerprint density at radius 2 is 1.80 bits per heavy atom. The molecule has 4 rings (SSSR count). The second kappa shape index (κ2) is 9.04. The molecule has 180 valence electrons. The third-order valence-electron chi connectivity index (χ3n) is 5.13. The summed E-state index contributed by atoms with van der Waals surface area (Å²) in [5, 5.41) is 25.2. The summed E-state index contributed by atoms with van der Waals surface area (Å²) in [7, 11) is 0. The minimum Gasteiger partial charge on any atom is -0.378 e. The van der Waals surface area contributed by atoms with E-state index in [1.54, 1.807) is 25.3 Å². The van der Waals surface area contributed by atoms with Gasteiger partial charge in [0.1, 0.15) is 16.3 Å². The largest absolute Gasteiger partial charge is 0.433 e. The van der Waals surface area contributed by atoms with Crippen LogP contribution in [0, 0.1) is 17.0 Å². The molecule has 2 aromatic heterocycles. The van der Waals surface area contributed by atoms with E-state index in [2.05, 4.69) is 20.3 Å². The van der Waals surface area contributed by atoms with Crippen molar-refractivity contribution in [1.82, 2.24) is 15.0 Å². The van der Waals surface area contributed by atoms with Gasteiger partial charge in [0.2, 0.25) is 5.95 Å². The number of aromatic nitrogens is 3. The second-order valence-electron chi connectivity index (χ2n) is 7.88. The van der Waals surface area contributed by atoms with Gasteiger partial charge < -0.3 is 10.4 Å². The Hall–Kier alpha value is -3.90. The van der Waals surface area contributed by atoms with E-state index in [1.165, 1.54) is 35.6 Å². The molecule has 4 aromatic rings. The predicted octanol–water partition coefficient (Wildman–Crippen LogP) is 5.83. The predicted molar refractivity (Wildman–Crippen MR) is 124 cm³/mol. The molecule has 0 amide bonds. The van der Waals surface area contributed by atoms with Crippen molar-refractivity contribution in [2.75, 3.05) is 5.32 Å². The first kappa shape index (κ1) is 24.2. The van der Waals surface area contributed by atoms with Crippen LogP contribution in [0.2, 0.25) is 0 Å². The number of thiazole rings is 1. The van der Waals surface area contributed by atoms with E-state index in [-0.39, 0.29) is 11.6 Å². The number of hydrogen-bond donors (Lipinski definition) is 2. The molecule has 0 aliphatic rings. The third kappa shape index (κ3) is 5.28. The zero-order valence-electron chi connectivity index (χ0n) is 18.4. The second-order valence-corrected chi connectivity index (χ2v) is 8.91. The first-order valence-electron chi connectivity index (χ1n) is 10.2. The van der Waals surface area contributed by atoms with Crippen LogP contribution in [-0.2, 0) is 11.8 Å². The van der Waals surface area contributed by atoms with Gasteiger partial charge in [-0.2, -0.15) is 13.2 Å². The summed E-state index contributed by atoms with van der Waals surface area (Å²) < 4.78 is 38.9. The fourth-order valence-corrected chi connectivity index (χ4v) is 4.34. The van der Waals surface area contributed by atoms with Crippen molar-refractivity contribution < 1.29 is 23.2 Å². The zero-order chi connectivity index (χ0) is 25.4. The van der Waals surface area contributed by atoms with Crippen molar-refractivity contribution in [3.8, 4) is 10.4 Å². The average molecular weight is 501 g/mol. The maximum absolute atomic E-state index is 13.0. The number of anilines is 2. The number of nitro groups is 1. The Morgan fingerprint density at radius 1 is 1.09 bits per heavy atom. The number of alkyl halides is 3. The van der Waals surface area contributed by atoms with Crippen LogP contribution < -0.4 is 5.32 Å². The topological polar surface area (TPSA) is 114 Å². The minimum absolute atomic E-state index is 0.0890. The van der Waals surface area contributed by atoms with E-state index >= 15 is 0 Å². The SMILES string of the molecule is Cc1cc(Nc2nccc(C(F)(F)F)n2)cc(-c2cnc(C(C)(O)c3ccc([N+](=O)[O-])cc3)s2)c1. The van der Waals surface area contributed by atoms with Gasteiger partial charge in [-0.25, -0.2) is 15.0 Å². The molecule has 2 aromatic carbocycles. The number of aryl methyl sites for hydroxylation is 1. The summed E-state index contributed by atoms with van der Waals surface area (Å²) in [4.78, 5) is 22.8. The molecule has 0 radical (unpaired) electrons. The normalized spacial score (nSPS) is 13.3. The Bertz CT molecular complexity index is 1390. The quantitative estimate of drug-likeness (QED) is 0.252. The van der Waals surface area contributed by atoms with Gasteiger partial charge in [-0.05, 0) is 60.9 Å². The van der Waals surface area contributed by atoms with E-state index in [9.17, 15) is 28.4 Å². The Kier molecular flexibility index (Phi) is 6.26. The Morgan fingerprint density at radius 3 is 2.46 bits per heavy atom. The number of nitrogens with zero attached hydrogens (tertiary/aromatic N) is 4.